The first kappa shape index (κ1) is 19.7. The summed E-state index contributed by atoms with van der Waals surface area (Å²) in [5.74, 6) is 1.62. The summed E-state index contributed by atoms with van der Waals surface area (Å²) in [6.45, 7) is 10.3. The Labute approximate surface area is 172 Å². The van der Waals surface area contributed by atoms with Crippen molar-refractivity contribution in [2.75, 3.05) is 39.5 Å². The number of rotatable bonds is 6. The second-order valence-corrected chi connectivity index (χ2v) is 8.24. The number of fused-ring (bicyclic) bond motifs is 1. The van der Waals surface area contributed by atoms with Crippen LogP contribution in [0.4, 0.5) is 0 Å². The van der Waals surface area contributed by atoms with Gasteiger partial charge in [0.15, 0.2) is 18.0 Å². The van der Waals surface area contributed by atoms with Crippen molar-refractivity contribution in [3.05, 3.63) is 59.2 Å². The lowest BCUT2D eigenvalue weighted by Crippen LogP contribution is -3.28. The fraction of sp³-hybridized carbons (Fsp3) is 0.435. The molecule has 2 aromatic rings. The number of quaternary nitrogens is 2. The van der Waals surface area contributed by atoms with Gasteiger partial charge in [-0.25, -0.2) is 0 Å². The number of carbonyl (C=O) groups is 1. The Hall–Kier alpha value is -2.57. The lowest BCUT2D eigenvalue weighted by molar-refractivity contribution is -1.02. The van der Waals surface area contributed by atoms with Gasteiger partial charge in [0.1, 0.15) is 32.7 Å². The number of piperazine rings is 1. The van der Waals surface area contributed by atoms with E-state index >= 15 is 0 Å². The Kier molecular flexibility index (Phi) is 6.02. The van der Waals surface area contributed by atoms with E-state index in [1.165, 1.54) is 16.0 Å². The normalized spacial score (nSPS) is 21.6. The molecular formula is C23H31N3O3+2. The van der Waals surface area contributed by atoms with Crippen molar-refractivity contribution >= 4 is 5.91 Å². The summed E-state index contributed by atoms with van der Waals surface area (Å²) in [5, 5.41) is 3.13. The molecule has 1 atom stereocenters. The van der Waals surface area contributed by atoms with Crippen LogP contribution in [0.1, 0.15) is 29.7 Å². The van der Waals surface area contributed by atoms with E-state index in [0.29, 0.717) is 6.54 Å². The fourth-order valence-electron chi connectivity index (χ4n) is 4.21. The molecule has 2 heterocycles. The zero-order chi connectivity index (χ0) is 20.2. The minimum atomic E-state index is -0.0513. The van der Waals surface area contributed by atoms with Gasteiger partial charge in [-0.15, -0.1) is 0 Å². The van der Waals surface area contributed by atoms with Crippen LogP contribution in [0.3, 0.4) is 0 Å². The van der Waals surface area contributed by atoms with Crippen LogP contribution in [0.5, 0.6) is 11.5 Å². The number of carbonyl (C=O) groups excluding carboxylic acids is 1. The van der Waals surface area contributed by atoms with Crippen molar-refractivity contribution in [2.45, 2.75) is 26.4 Å². The number of ether oxygens (including phenoxy) is 2. The minimum absolute atomic E-state index is 0.0513. The second kappa shape index (κ2) is 8.84. The van der Waals surface area contributed by atoms with E-state index in [-0.39, 0.29) is 18.7 Å². The number of nitrogens with one attached hydrogen (secondary N) is 3. The highest BCUT2D eigenvalue weighted by Gasteiger charge is 2.25. The molecule has 0 aromatic heterocycles. The van der Waals surface area contributed by atoms with Crippen molar-refractivity contribution < 1.29 is 24.1 Å². The minimum Gasteiger partial charge on any atom is -0.454 e. The molecular weight excluding hydrogens is 366 g/mol. The first-order valence-corrected chi connectivity index (χ1v) is 10.5. The molecule has 0 unspecified atom stereocenters. The molecule has 0 aliphatic carbocycles. The Balaban J connectivity index is 1.22. The van der Waals surface area contributed by atoms with Crippen molar-refractivity contribution in [1.82, 2.24) is 5.32 Å². The lowest BCUT2D eigenvalue weighted by Gasteiger charge is -2.29. The van der Waals surface area contributed by atoms with E-state index in [1.807, 2.05) is 25.1 Å². The molecule has 2 aliphatic heterocycles. The highest BCUT2D eigenvalue weighted by Crippen LogP contribution is 2.34. The van der Waals surface area contributed by atoms with Gasteiger partial charge in [0, 0.05) is 5.56 Å². The smallest absolute Gasteiger partial charge is 0.275 e. The molecule has 0 saturated carbocycles. The van der Waals surface area contributed by atoms with Crippen molar-refractivity contribution in [1.29, 1.82) is 0 Å². The highest BCUT2D eigenvalue weighted by molar-refractivity contribution is 5.77. The van der Waals surface area contributed by atoms with Gasteiger partial charge in [0.05, 0.1) is 6.04 Å². The van der Waals surface area contributed by atoms with Gasteiger partial charge in [0.2, 0.25) is 6.79 Å². The maximum atomic E-state index is 12.5. The topological polar surface area (TPSA) is 56.4 Å². The predicted molar refractivity (Wildman–Crippen MR) is 110 cm³/mol. The molecule has 0 radical (unpaired) electrons. The predicted octanol–water partition coefficient (Wildman–Crippen LogP) is -0.115. The van der Waals surface area contributed by atoms with Crippen LogP contribution in [0, 0.1) is 6.92 Å². The summed E-state index contributed by atoms with van der Waals surface area (Å²) in [5.41, 5.74) is 3.75. The van der Waals surface area contributed by atoms with Crippen molar-refractivity contribution in [3.63, 3.8) is 0 Å². The van der Waals surface area contributed by atoms with E-state index in [0.717, 1.165) is 49.8 Å². The summed E-state index contributed by atoms with van der Waals surface area (Å²) >= 11 is 0. The molecule has 29 heavy (non-hydrogen) atoms. The van der Waals surface area contributed by atoms with Gasteiger partial charge in [-0.05, 0) is 31.5 Å². The summed E-state index contributed by atoms with van der Waals surface area (Å²) < 4.78 is 10.8. The molecule has 6 nitrogen and oxygen atoms in total. The average molecular weight is 398 g/mol. The van der Waals surface area contributed by atoms with Gasteiger partial charge in [-0.1, -0.05) is 35.9 Å². The van der Waals surface area contributed by atoms with Crippen molar-refractivity contribution in [3.8, 4) is 11.5 Å². The number of benzene rings is 2. The standard InChI is InChI=1S/C23H29N3O3/c1-17-4-3-5-19(12-17)14-25-8-10-26(11-9-25)15-23(27)24-18(2)20-6-7-21-22(13-20)29-16-28-21/h3-7,12-13,18H,8-11,14-16H2,1-2H3,(H,24,27)/p+2/t18-/m0/s1. The van der Waals surface area contributed by atoms with Crippen LogP contribution in [-0.4, -0.2) is 45.4 Å². The van der Waals surface area contributed by atoms with E-state index in [9.17, 15) is 4.79 Å². The van der Waals surface area contributed by atoms with Gasteiger partial charge in [-0.2, -0.15) is 0 Å². The van der Waals surface area contributed by atoms with Crippen LogP contribution in [0.15, 0.2) is 42.5 Å². The quantitative estimate of drug-likeness (QED) is 0.637. The monoisotopic (exact) mass is 397 g/mol. The Morgan fingerprint density at radius 2 is 1.79 bits per heavy atom. The molecule has 3 N–H and O–H groups in total. The number of amides is 1. The first-order valence-electron chi connectivity index (χ1n) is 10.5. The molecule has 4 rings (SSSR count). The maximum absolute atomic E-state index is 12.5. The summed E-state index contributed by atoms with van der Waals surface area (Å²) in [6.07, 6.45) is 0. The van der Waals surface area contributed by atoms with Gasteiger partial charge in [-0.3, -0.25) is 4.79 Å². The third-order valence-electron chi connectivity index (χ3n) is 5.89. The third kappa shape index (κ3) is 5.08. The first-order chi connectivity index (χ1) is 14.1. The maximum Gasteiger partial charge on any atom is 0.275 e. The number of hydrogen-bond donors (Lipinski definition) is 3. The zero-order valence-corrected chi connectivity index (χ0v) is 17.3. The highest BCUT2D eigenvalue weighted by atomic mass is 16.7. The number of hydrogen-bond acceptors (Lipinski definition) is 3. The summed E-state index contributed by atoms with van der Waals surface area (Å²) in [6, 6.07) is 14.6. The molecule has 2 aliphatic rings. The third-order valence-corrected chi connectivity index (χ3v) is 5.89. The van der Waals surface area contributed by atoms with Crippen LogP contribution in [-0.2, 0) is 11.3 Å². The van der Waals surface area contributed by atoms with Crippen LogP contribution in [0.2, 0.25) is 0 Å². The van der Waals surface area contributed by atoms with Gasteiger partial charge in [0.25, 0.3) is 5.91 Å². The molecule has 6 heteroatoms. The van der Waals surface area contributed by atoms with Gasteiger partial charge >= 0.3 is 0 Å². The molecule has 1 fully saturated rings. The van der Waals surface area contributed by atoms with E-state index in [1.54, 1.807) is 4.90 Å². The molecule has 1 amide bonds. The Bertz CT molecular complexity index is 862. The van der Waals surface area contributed by atoms with E-state index in [2.05, 4.69) is 36.5 Å². The van der Waals surface area contributed by atoms with E-state index < -0.39 is 0 Å². The lowest BCUT2D eigenvalue weighted by atomic mass is 10.1. The fourth-order valence-corrected chi connectivity index (χ4v) is 4.21. The van der Waals surface area contributed by atoms with Crippen molar-refractivity contribution in [2.24, 2.45) is 0 Å². The molecule has 0 spiro atoms. The van der Waals surface area contributed by atoms with Gasteiger partial charge < -0.3 is 24.6 Å². The van der Waals surface area contributed by atoms with E-state index in [4.69, 9.17) is 9.47 Å². The van der Waals surface area contributed by atoms with Crippen LogP contribution < -0.4 is 24.6 Å². The summed E-state index contributed by atoms with van der Waals surface area (Å²) in [7, 11) is 0. The molecule has 154 valence electrons. The Morgan fingerprint density at radius 3 is 2.59 bits per heavy atom. The molecule has 0 bridgehead atoms. The number of aryl methyl sites for hydroxylation is 1. The largest absolute Gasteiger partial charge is 0.454 e. The SMILES string of the molecule is Cc1cccc(C[NH+]2CC[NH+](CC(=O)N[C@@H](C)c3ccc4c(c3)OCO4)CC2)c1. The average Bonchev–Trinajstić information content (AvgIpc) is 3.17. The molecule has 1 saturated heterocycles. The second-order valence-electron chi connectivity index (χ2n) is 8.24. The summed E-state index contributed by atoms with van der Waals surface area (Å²) in [4.78, 5) is 15.5. The molecule has 2 aromatic carbocycles. The van der Waals surface area contributed by atoms with Crippen LogP contribution in [0.25, 0.3) is 0 Å². The van der Waals surface area contributed by atoms with Crippen LogP contribution >= 0.6 is 0 Å². The zero-order valence-electron chi connectivity index (χ0n) is 17.3. The Morgan fingerprint density at radius 1 is 1.03 bits per heavy atom.